The summed E-state index contributed by atoms with van der Waals surface area (Å²) in [6.07, 6.45) is 1.89. The average molecular weight is 283 g/mol. The first-order valence-electron chi connectivity index (χ1n) is 6.26. The van der Waals surface area contributed by atoms with Crippen molar-refractivity contribution in [2.24, 2.45) is 0 Å². The molecule has 110 valence electrons. The monoisotopic (exact) mass is 283 g/mol. The average Bonchev–Trinajstić information content (AvgIpc) is 2.74. The molecule has 2 heterocycles. The lowest BCUT2D eigenvalue weighted by atomic mass is 9.99. The number of aliphatic hydroxyl groups is 2. The van der Waals surface area contributed by atoms with Crippen LogP contribution in [0.25, 0.3) is 0 Å². The summed E-state index contributed by atoms with van der Waals surface area (Å²) in [4.78, 5) is 38.3. The van der Waals surface area contributed by atoms with Crippen LogP contribution >= 0.6 is 0 Å². The number of nitrogens with one attached hydrogen (secondary N) is 1. The minimum absolute atomic E-state index is 0.115. The summed E-state index contributed by atoms with van der Waals surface area (Å²) < 4.78 is 1.18. The summed E-state index contributed by atoms with van der Waals surface area (Å²) >= 11 is 0. The second-order valence-electron chi connectivity index (χ2n) is 5.04. The van der Waals surface area contributed by atoms with Gasteiger partial charge in [0.15, 0.2) is 0 Å². The van der Waals surface area contributed by atoms with E-state index < -0.39 is 16.8 Å². The van der Waals surface area contributed by atoms with Gasteiger partial charge in [-0.05, 0) is 13.3 Å². The molecule has 0 aromatic carbocycles. The molecule has 0 spiro atoms. The van der Waals surface area contributed by atoms with E-state index in [0.29, 0.717) is 12.0 Å². The van der Waals surface area contributed by atoms with Gasteiger partial charge < -0.3 is 15.1 Å². The van der Waals surface area contributed by atoms with Crippen LogP contribution < -0.4 is 11.2 Å². The highest BCUT2D eigenvalue weighted by molar-refractivity contribution is 5.79. The molecule has 1 amide bonds. The molecule has 1 saturated heterocycles. The highest BCUT2D eigenvalue weighted by atomic mass is 16.3. The number of nitrogens with zero attached hydrogens (tertiary/aromatic N) is 2. The molecular formula is C12H17N3O5. The van der Waals surface area contributed by atoms with Gasteiger partial charge in [0, 0.05) is 18.2 Å². The molecule has 1 fully saturated rings. The summed E-state index contributed by atoms with van der Waals surface area (Å²) in [6.45, 7) is 0.668. The van der Waals surface area contributed by atoms with Gasteiger partial charge in [-0.2, -0.15) is 0 Å². The standard InChI is InChI=1S/C12H17N3O5/c1-8-4-14(11(20)13-10(8)19)7-15-9(18)2-3-12(15,5-16)6-17/h4,16-17H,2-3,5-7H2,1H3,(H,13,19,20). The second-order valence-corrected chi connectivity index (χ2v) is 5.04. The highest BCUT2D eigenvalue weighted by Crippen LogP contribution is 2.29. The Bertz CT molecular complexity index is 629. The number of aromatic amines is 1. The molecule has 0 bridgehead atoms. The summed E-state index contributed by atoms with van der Waals surface area (Å²) in [5, 5.41) is 18.9. The second kappa shape index (κ2) is 5.22. The Labute approximate surface area is 114 Å². The molecule has 2 rings (SSSR count). The maximum absolute atomic E-state index is 11.9. The number of carbonyl (C=O) groups excluding carboxylic acids is 1. The molecule has 0 radical (unpaired) electrons. The first kappa shape index (κ1) is 14.5. The molecule has 1 aliphatic rings. The SMILES string of the molecule is Cc1cn(CN2C(=O)CCC2(CO)CO)c(=O)[nH]c1=O. The van der Waals surface area contributed by atoms with Crippen LogP contribution in [0, 0.1) is 6.92 Å². The fraction of sp³-hybridized carbons (Fsp3) is 0.583. The van der Waals surface area contributed by atoms with Crippen molar-refractivity contribution in [2.45, 2.75) is 32.0 Å². The van der Waals surface area contributed by atoms with E-state index in [9.17, 15) is 24.6 Å². The minimum Gasteiger partial charge on any atom is -0.394 e. The van der Waals surface area contributed by atoms with Crippen molar-refractivity contribution in [1.82, 2.24) is 14.5 Å². The van der Waals surface area contributed by atoms with Crippen LogP contribution in [-0.4, -0.2) is 49.3 Å². The highest BCUT2D eigenvalue weighted by Gasteiger charge is 2.44. The Morgan fingerprint density at radius 1 is 1.30 bits per heavy atom. The number of aromatic nitrogens is 2. The van der Waals surface area contributed by atoms with Crippen LogP contribution in [0.2, 0.25) is 0 Å². The molecule has 8 heteroatoms. The Morgan fingerprint density at radius 3 is 2.55 bits per heavy atom. The first-order valence-corrected chi connectivity index (χ1v) is 6.26. The first-order chi connectivity index (χ1) is 9.43. The van der Waals surface area contributed by atoms with Crippen LogP contribution in [0.4, 0.5) is 0 Å². The quantitative estimate of drug-likeness (QED) is 0.600. The third kappa shape index (κ3) is 2.27. The van der Waals surface area contributed by atoms with Gasteiger partial charge in [0.1, 0.15) is 6.67 Å². The fourth-order valence-corrected chi connectivity index (χ4v) is 2.36. The smallest absolute Gasteiger partial charge is 0.329 e. The van der Waals surface area contributed by atoms with E-state index in [-0.39, 0.29) is 32.2 Å². The van der Waals surface area contributed by atoms with Crippen LogP contribution in [0.3, 0.4) is 0 Å². The number of hydrogen-bond acceptors (Lipinski definition) is 5. The Morgan fingerprint density at radius 2 is 1.95 bits per heavy atom. The lowest BCUT2D eigenvalue weighted by Gasteiger charge is -2.35. The van der Waals surface area contributed by atoms with Gasteiger partial charge in [-0.1, -0.05) is 0 Å². The van der Waals surface area contributed by atoms with Crippen molar-refractivity contribution >= 4 is 5.91 Å². The number of aliphatic hydroxyl groups excluding tert-OH is 2. The zero-order chi connectivity index (χ0) is 14.9. The van der Waals surface area contributed by atoms with Gasteiger partial charge in [-0.15, -0.1) is 0 Å². The lowest BCUT2D eigenvalue weighted by molar-refractivity contribution is -0.136. The van der Waals surface area contributed by atoms with Gasteiger partial charge in [0.2, 0.25) is 5.91 Å². The Kier molecular flexibility index (Phi) is 3.78. The summed E-state index contributed by atoms with van der Waals surface area (Å²) in [6, 6.07) is 0. The summed E-state index contributed by atoms with van der Waals surface area (Å²) in [5.74, 6) is -0.246. The molecule has 3 N–H and O–H groups in total. The third-order valence-corrected chi connectivity index (χ3v) is 3.75. The number of likely N-dealkylation sites (tertiary alicyclic amines) is 1. The molecule has 8 nitrogen and oxygen atoms in total. The Hall–Kier alpha value is -1.93. The molecule has 1 aromatic heterocycles. The molecule has 0 aliphatic carbocycles. The Balaban J connectivity index is 2.37. The van der Waals surface area contributed by atoms with E-state index in [1.807, 2.05) is 0 Å². The van der Waals surface area contributed by atoms with Crippen molar-refractivity contribution in [3.63, 3.8) is 0 Å². The lowest BCUT2D eigenvalue weighted by Crippen LogP contribution is -2.53. The van der Waals surface area contributed by atoms with Crippen molar-refractivity contribution in [2.75, 3.05) is 13.2 Å². The number of hydrogen-bond donors (Lipinski definition) is 3. The third-order valence-electron chi connectivity index (χ3n) is 3.75. The van der Waals surface area contributed by atoms with Crippen LogP contribution in [0.15, 0.2) is 15.8 Å². The minimum atomic E-state index is -1.05. The molecule has 0 unspecified atom stereocenters. The van der Waals surface area contributed by atoms with Crippen molar-refractivity contribution < 1.29 is 15.0 Å². The maximum Gasteiger partial charge on any atom is 0.329 e. The van der Waals surface area contributed by atoms with E-state index >= 15 is 0 Å². The number of rotatable bonds is 4. The van der Waals surface area contributed by atoms with E-state index in [1.54, 1.807) is 6.92 Å². The van der Waals surface area contributed by atoms with E-state index in [1.165, 1.54) is 15.7 Å². The van der Waals surface area contributed by atoms with Gasteiger partial charge in [-0.3, -0.25) is 19.1 Å². The van der Waals surface area contributed by atoms with Gasteiger partial charge >= 0.3 is 5.69 Å². The van der Waals surface area contributed by atoms with Crippen molar-refractivity contribution in [3.8, 4) is 0 Å². The maximum atomic E-state index is 11.9. The van der Waals surface area contributed by atoms with Crippen molar-refractivity contribution in [3.05, 3.63) is 32.6 Å². The summed E-state index contributed by atoms with van der Waals surface area (Å²) in [7, 11) is 0. The van der Waals surface area contributed by atoms with Crippen LogP contribution in [0.1, 0.15) is 18.4 Å². The summed E-state index contributed by atoms with van der Waals surface area (Å²) in [5.41, 5.74) is -1.82. The molecule has 20 heavy (non-hydrogen) atoms. The molecule has 1 aliphatic heterocycles. The number of amides is 1. The molecule has 0 saturated carbocycles. The molecular weight excluding hydrogens is 266 g/mol. The van der Waals surface area contributed by atoms with E-state index in [4.69, 9.17) is 0 Å². The zero-order valence-corrected chi connectivity index (χ0v) is 11.1. The molecule has 0 atom stereocenters. The predicted octanol–water partition coefficient (Wildman–Crippen LogP) is -1.85. The van der Waals surface area contributed by atoms with E-state index in [0.717, 1.165) is 0 Å². The van der Waals surface area contributed by atoms with E-state index in [2.05, 4.69) is 4.98 Å². The fourth-order valence-electron chi connectivity index (χ4n) is 2.36. The van der Waals surface area contributed by atoms with Crippen molar-refractivity contribution in [1.29, 1.82) is 0 Å². The van der Waals surface area contributed by atoms with Crippen LogP contribution in [0.5, 0.6) is 0 Å². The number of carbonyl (C=O) groups is 1. The number of H-pyrrole nitrogens is 1. The largest absolute Gasteiger partial charge is 0.394 e. The van der Waals surface area contributed by atoms with Crippen LogP contribution in [-0.2, 0) is 11.5 Å². The number of aryl methyl sites for hydroxylation is 1. The normalized spacial score (nSPS) is 17.8. The van der Waals surface area contributed by atoms with Gasteiger partial charge in [0.05, 0.1) is 18.8 Å². The zero-order valence-electron chi connectivity index (χ0n) is 11.1. The van der Waals surface area contributed by atoms with Gasteiger partial charge in [0.25, 0.3) is 5.56 Å². The topological polar surface area (TPSA) is 116 Å². The molecule has 1 aromatic rings. The van der Waals surface area contributed by atoms with Gasteiger partial charge in [-0.25, -0.2) is 4.79 Å². The predicted molar refractivity (Wildman–Crippen MR) is 69.0 cm³/mol.